The maximum atomic E-state index is 12.6. The number of nitrogens with one attached hydrogen (secondary N) is 2. The summed E-state index contributed by atoms with van der Waals surface area (Å²) in [6, 6.07) is 3.38. The van der Waals surface area contributed by atoms with Gasteiger partial charge in [-0.15, -0.1) is 0 Å². The minimum atomic E-state index is -3.52. The van der Waals surface area contributed by atoms with Gasteiger partial charge in [0.2, 0.25) is 10.0 Å². The molecule has 21 heavy (non-hydrogen) atoms. The molecule has 0 saturated carbocycles. The molecule has 0 radical (unpaired) electrons. The average molecular weight is 312 g/mol. The fourth-order valence-corrected chi connectivity index (χ4v) is 4.34. The van der Waals surface area contributed by atoms with Crippen LogP contribution in [0, 0.1) is 19.8 Å². The summed E-state index contributed by atoms with van der Waals surface area (Å²) in [5.41, 5.74) is 1.51. The van der Waals surface area contributed by atoms with Gasteiger partial charge in [0, 0.05) is 12.6 Å². The van der Waals surface area contributed by atoms with E-state index in [9.17, 15) is 8.42 Å². The second-order valence-electron chi connectivity index (χ2n) is 5.79. The van der Waals surface area contributed by atoms with E-state index >= 15 is 0 Å². The van der Waals surface area contributed by atoms with Crippen LogP contribution in [0.5, 0.6) is 5.75 Å². The monoisotopic (exact) mass is 312 g/mol. The first-order valence-corrected chi connectivity index (χ1v) is 8.71. The van der Waals surface area contributed by atoms with Crippen LogP contribution in [0.15, 0.2) is 17.0 Å². The minimum absolute atomic E-state index is 0.0643. The molecule has 6 heteroatoms. The molecule has 1 aromatic rings. The van der Waals surface area contributed by atoms with Crippen LogP contribution < -0.4 is 14.8 Å². The first-order valence-electron chi connectivity index (χ1n) is 7.23. The Kier molecular flexibility index (Phi) is 4.91. The first kappa shape index (κ1) is 16.3. The third kappa shape index (κ3) is 3.56. The summed E-state index contributed by atoms with van der Waals surface area (Å²) in [4.78, 5) is 0.332. The van der Waals surface area contributed by atoms with Crippen molar-refractivity contribution in [2.24, 2.45) is 5.92 Å². The normalized spacial score (nSPS) is 23.0. The highest BCUT2D eigenvalue weighted by Crippen LogP contribution is 2.26. The third-order valence-electron chi connectivity index (χ3n) is 4.12. The lowest BCUT2D eigenvalue weighted by atomic mass is 9.96. The molecule has 1 fully saturated rings. The number of ether oxygens (including phenoxy) is 1. The van der Waals surface area contributed by atoms with Gasteiger partial charge < -0.3 is 10.1 Å². The molecule has 1 aliphatic rings. The van der Waals surface area contributed by atoms with Gasteiger partial charge in [0.25, 0.3) is 0 Å². The Morgan fingerprint density at radius 1 is 1.29 bits per heavy atom. The number of aryl methyl sites for hydroxylation is 2. The molecule has 1 aliphatic heterocycles. The van der Waals surface area contributed by atoms with Crippen molar-refractivity contribution in [1.29, 1.82) is 0 Å². The van der Waals surface area contributed by atoms with Gasteiger partial charge in [0.15, 0.2) is 0 Å². The molecule has 0 bridgehead atoms. The fourth-order valence-electron chi connectivity index (χ4n) is 2.68. The highest BCUT2D eigenvalue weighted by atomic mass is 32.2. The van der Waals surface area contributed by atoms with E-state index < -0.39 is 10.0 Å². The summed E-state index contributed by atoms with van der Waals surface area (Å²) in [6.45, 7) is 7.34. The van der Waals surface area contributed by atoms with Crippen LogP contribution in [0.4, 0.5) is 0 Å². The van der Waals surface area contributed by atoms with Crippen LogP contribution in [0.1, 0.15) is 24.5 Å². The van der Waals surface area contributed by atoms with E-state index in [2.05, 4.69) is 17.0 Å². The molecule has 0 aliphatic carbocycles. The molecular weight excluding hydrogens is 288 g/mol. The molecule has 2 atom stereocenters. The maximum absolute atomic E-state index is 12.6. The highest BCUT2D eigenvalue weighted by molar-refractivity contribution is 7.89. The van der Waals surface area contributed by atoms with Crippen LogP contribution in [0.3, 0.4) is 0 Å². The topological polar surface area (TPSA) is 67.4 Å². The number of hydrogen-bond acceptors (Lipinski definition) is 4. The van der Waals surface area contributed by atoms with Gasteiger partial charge in [-0.05, 0) is 56.0 Å². The zero-order chi connectivity index (χ0) is 15.6. The molecule has 2 N–H and O–H groups in total. The lowest BCUT2D eigenvalue weighted by Crippen LogP contribution is -2.50. The van der Waals surface area contributed by atoms with Gasteiger partial charge in [-0.25, -0.2) is 13.1 Å². The van der Waals surface area contributed by atoms with E-state index in [1.54, 1.807) is 26.2 Å². The second-order valence-corrected chi connectivity index (χ2v) is 7.47. The van der Waals surface area contributed by atoms with Crippen LogP contribution in [0.2, 0.25) is 0 Å². The zero-order valence-electron chi connectivity index (χ0n) is 13.1. The molecule has 0 amide bonds. The average Bonchev–Trinajstić information content (AvgIpc) is 2.43. The lowest BCUT2D eigenvalue weighted by molar-refractivity contribution is 0.327. The number of piperidine rings is 1. The molecule has 2 rings (SSSR count). The number of benzene rings is 1. The standard InChI is InChI=1S/C15H24N2O3S/c1-10-5-6-16-9-13(10)17-21(18,19)15-8-11(2)14(20-4)7-12(15)3/h7-8,10,13,16-17H,5-6,9H2,1-4H3. The molecule has 5 nitrogen and oxygen atoms in total. The van der Waals surface area contributed by atoms with Crippen LogP contribution in [-0.2, 0) is 10.0 Å². The fraction of sp³-hybridized carbons (Fsp3) is 0.600. The predicted molar refractivity (Wildman–Crippen MR) is 83.2 cm³/mol. The smallest absolute Gasteiger partial charge is 0.241 e. The van der Waals surface area contributed by atoms with Gasteiger partial charge in [-0.2, -0.15) is 0 Å². The van der Waals surface area contributed by atoms with E-state index in [0.717, 1.165) is 18.5 Å². The maximum Gasteiger partial charge on any atom is 0.241 e. The van der Waals surface area contributed by atoms with Gasteiger partial charge in [-0.1, -0.05) is 6.92 Å². The SMILES string of the molecule is COc1cc(C)c(S(=O)(=O)NC2CNCCC2C)cc1C. The molecule has 1 aromatic carbocycles. The summed E-state index contributed by atoms with van der Waals surface area (Å²) in [7, 11) is -1.93. The summed E-state index contributed by atoms with van der Waals surface area (Å²) in [5, 5.41) is 3.24. The van der Waals surface area contributed by atoms with Crippen LogP contribution >= 0.6 is 0 Å². The quantitative estimate of drug-likeness (QED) is 0.886. The summed E-state index contributed by atoms with van der Waals surface area (Å²) in [6.07, 6.45) is 0.980. The Balaban J connectivity index is 2.29. The van der Waals surface area contributed by atoms with E-state index in [4.69, 9.17) is 4.74 Å². The van der Waals surface area contributed by atoms with E-state index in [1.165, 1.54) is 0 Å². The highest BCUT2D eigenvalue weighted by Gasteiger charge is 2.27. The first-order chi connectivity index (χ1) is 9.85. The van der Waals surface area contributed by atoms with Crippen molar-refractivity contribution >= 4 is 10.0 Å². The Hall–Kier alpha value is -1.11. The van der Waals surface area contributed by atoms with Crippen molar-refractivity contribution in [3.8, 4) is 5.75 Å². The van der Waals surface area contributed by atoms with E-state index in [-0.39, 0.29) is 6.04 Å². The van der Waals surface area contributed by atoms with Gasteiger partial charge in [0.1, 0.15) is 5.75 Å². The molecule has 0 aromatic heterocycles. The van der Waals surface area contributed by atoms with Crippen molar-refractivity contribution < 1.29 is 13.2 Å². The number of sulfonamides is 1. The molecule has 1 saturated heterocycles. The van der Waals surface area contributed by atoms with Crippen molar-refractivity contribution in [2.45, 2.75) is 38.1 Å². The lowest BCUT2D eigenvalue weighted by Gasteiger charge is -2.30. The summed E-state index contributed by atoms with van der Waals surface area (Å²) >= 11 is 0. The number of methoxy groups -OCH3 is 1. The Morgan fingerprint density at radius 2 is 2.00 bits per heavy atom. The van der Waals surface area contributed by atoms with Crippen molar-refractivity contribution in [3.05, 3.63) is 23.3 Å². The van der Waals surface area contributed by atoms with Crippen LogP contribution in [0.25, 0.3) is 0 Å². The molecule has 1 heterocycles. The van der Waals surface area contributed by atoms with Crippen molar-refractivity contribution in [2.75, 3.05) is 20.2 Å². The van der Waals surface area contributed by atoms with E-state index in [1.807, 2.05) is 6.92 Å². The zero-order valence-corrected chi connectivity index (χ0v) is 13.9. The van der Waals surface area contributed by atoms with Gasteiger partial charge in [-0.3, -0.25) is 0 Å². The van der Waals surface area contributed by atoms with Gasteiger partial charge >= 0.3 is 0 Å². The third-order valence-corrected chi connectivity index (χ3v) is 5.75. The van der Waals surface area contributed by atoms with E-state index in [0.29, 0.717) is 28.7 Å². The summed E-state index contributed by atoms with van der Waals surface area (Å²) in [5.74, 6) is 1.04. The van der Waals surface area contributed by atoms with Crippen LogP contribution in [-0.4, -0.2) is 34.7 Å². The Morgan fingerprint density at radius 3 is 2.62 bits per heavy atom. The van der Waals surface area contributed by atoms with Crippen molar-refractivity contribution in [1.82, 2.24) is 10.0 Å². The summed E-state index contributed by atoms with van der Waals surface area (Å²) < 4.78 is 33.3. The Bertz CT molecular complexity index is 614. The molecule has 118 valence electrons. The van der Waals surface area contributed by atoms with Crippen molar-refractivity contribution in [3.63, 3.8) is 0 Å². The molecule has 2 unspecified atom stereocenters. The predicted octanol–water partition coefficient (Wildman–Crippen LogP) is 1.59. The Labute approximate surface area is 127 Å². The number of rotatable bonds is 4. The molecular formula is C15H24N2O3S. The number of hydrogen-bond donors (Lipinski definition) is 2. The minimum Gasteiger partial charge on any atom is -0.496 e. The second kappa shape index (κ2) is 6.34. The molecule has 0 spiro atoms. The largest absolute Gasteiger partial charge is 0.496 e. The van der Waals surface area contributed by atoms with Gasteiger partial charge in [0.05, 0.1) is 12.0 Å².